The second kappa shape index (κ2) is 8.64. The van der Waals surface area contributed by atoms with Crippen LogP contribution in [-0.4, -0.2) is 46.0 Å². The molecule has 2 rings (SSSR count). The number of benzene rings is 2. The Hall–Kier alpha value is -2.38. The highest BCUT2D eigenvalue weighted by Gasteiger charge is 2.26. The Morgan fingerprint density at radius 2 is 1.68 bits per heavy atom. The van der Waals surface area contributed by atoms with Gasteiger partial charge in [-0.2, -0.15) is 0 Å². The third kappa shape index (κ3) is 4.80. The average molecular weight is 363 g/mol. The topological polar surface area (TPSA) is 72.9 Å². The average Bonchev–Trinajstić information content (AvgIpc) is 2.65. The van der Waals surface area contributed by atoms with Gasteiger partial charge in [-0.1, -0.05) is 30.3 Å². The summed E-state index contributed by atoms with van der Waals surface area (Å²) in [5.41, 5.74) is 0.0254. The molecule has 134 valence electrons. The van der Waals surface area contributed by atoms with Crippen molar-refractivity contribution in [3.05, 3.63) is 60.2 Å². The van der Waals surface area contributed by atoms with E-state index >= 15 is 0 Å². The molecule has 7 heteroatoms. The Morgan fingerprint density at radius 3 is 2.36 bits per heavy atom. The van der Waals surface area contributed by atoms with E-state index in [-0.39, 0.29) is 17.0 Å². The molecular formula is C18H21NO5S. The van der Waals surface area contributed by atoms with Gasteiger partial charge in [0.15, 0.2) is 0 Å². The van der Waals surface area contributed by atoms with Gasteiger partial charge >= 0.3 is 5.97 Å². The van der Waals surface area contributed by atoms with Crippen LogP contribution in [0.25, 0.3) is 0 Å². The molecule has 25 heavy (non-hydrogen) atoms. The molecule has 0 saturated carbocycles. The normalized spacial score (nSPS) is 11.3. The standard InChI is InChI=1S/C18H21NO5S/c1-19(13-8-14-24-15-9-4-3-5-10-15)25(21,22)17-12-7-6-11-16(17)18(20)23-2/h3-7,9-12H,8,13-14H2,1-2H3. The van der Waals surface area contributed by atoms with Crippen LogP contribution in [0, 0.1) is 0 Å². The maximum atomic E-state index is 12.7. The van der Waals surface area contributed by atoms with Crippen LogP contribution in [0.4, 0.5) is 0 Å². The van der Waals surface area contributed by atoms with Gasteiger partial charge < -0.3 is 9.47 Å². The Labute approximate surface area is 148 Å². The minimum atomic E-state index is -3.79. The lowest BCUT2D eigenvalue weighted by atomic mass is 10.2. The van der Waals surface area contributed by atoms with E-state index in [1.807, 2.05) is 30.3 Å². The van der Waals surface area contributed by atoms with Crippen molar-refractivity contribution in [2.24, 2.45) is 0 Å². The van der Waals surface area contributed by atoms with Crippen molar-refractivity contribution in [3.8, 4) is 5.75 Å². The summed E-state index contributed by atoms with van der Waals surface area (Å²) in [4.78, 5) is 11.7. The number of carbonyl (C=O) groups excluding carboxylic acids is 1. The molecule has 0 bridgehead atoms. The fourth-order valence-electron chi connectivity index (χ4n) is 2.25. The van der Waals surface area contributed by atoms with Crippen LogP contribution in [0.3, 0.4) is 0 Å². The van der Waals surface area contributed by atoms with Crippen molar-refractivity contribution < 1.29 is 22.7 Å². The fraction of sp³-hybridized carbons (Fsp3) is 0.278. The Balaban J connectivity index is 2.01. The molecular weight excluding hydrogens is 342 g/mol. The summed E-state index contributed by atoms with van der Waals surface area (Å²) >= 11 is 0. The van der Waals surface area contributed by atoms with Crippen LogP contribution in [0.15, 0.2) is 59.5 Å². The first-order valence-corrected chi connectivity index (χ1v) is 9.22. The second-order valence-corrected chi connectivity index (χ2v) is 7.34. The van der Waals surface area contributed by atoms with Gasteiger partial charge in [-0.05, 0) is 30.7 Å². The molecule has 0 saturated heterocycles. The SMILES string of the molecule is COC(=O)c1ccccc1S(=O)(=O)N(C)CCCOc1ccccc1. The monoisotopic (exact) mass is 363 g/mol. The molecule has 0 radical (unpaired) electrons. The van der Waals surface area contributed by atoms with Crippen molar-refractivity contribution in [1.82, 2.24) is 4.31 Å². The largest absolute Gasteiger partial charge is 0.494 e. The zero-order valence-electron chi connectivity index (χ0n) is 14.2. The Kier molecular flexibility index (Phi) is 6.55. The Bertz CT molecular complexity index is 805. The lowest BCUT2D eigenvalue weighted by Crippen LogP contribution is -2.30. The number of ether oxygens (including phenoxy) is 2. The summed E-state index contributed by atoms with van der Waals surface area (Å²) in [5, 5.41) is 0. The molecule has 0 fully saturated rings. The summed E-state index contributed by atoms with van der Waals surface area (Å²) in [5.74, 6) is 0.0593. The quantitative estimate of drug-likeness (QED) is 0.532. The zero-order valence-corrected chi connectivity index (χ0v) is 15.0. The highest BCUT2D eigenvalue weighted by Crippen LogP contribution is 2.20. The maximum Gasteiger partial charge on any atom is 0.339 e. The maximum absolute atomic E-state index is 12.7. The molecule has 0 unspecified atom stereocenters. The van der Waals surface area contributed by atoms with Crippen LogP contribution in [-0.2, 0) is 14.8 Å². The van der Waals surface area contributed by atoms with E-state index in [9.17, 15) is 13.2 Å². The molecule has 0 spiro atoms. The second-order valence-electron chi connectivity index (χ2n) is 5.33. The number of nitrogens with zero attached hydrogens (tertiary/aromatic N) is 1. The first-order chi connectivity index (χ1) is 12.0. The molecule has 6 nitrogen and oxygen atoms in total. The summed E-state index contributed by atoms with van der Waals surface area (Å²) in [6.07, 6.45) is 0.519. The van der Waals surface area contributed by atoms with E-state index in [1.165, 1.54) is 30.6 Å². The number of carbonyl (C=O) groups is 1. The van der Waals surface area contributed by atoms with E-state index in [0.29, 0.717) is 13.0 Å². The van der Waals surface area contributed by atoms with Gasteiger partial charge in [0.25, 0.3) is 0 Å². The predicted molar refractivity (Wildman–Crippen MR) is 94.2 cm³/mol. The van der Waals surface area contributed by atoms with E-state index < -0.39 is 16.0 Å². The molecule has 2 aromatic carbocycles. The van der Waals surface area contributed by atoms with Crippen LogP contribution < -0.4 is 4.74 Å². The van der Waals surface area contributed by atoms with Gasteiger partial charge in [-0.15, -0.1) is 0 Å². The summed E-state index contributed by atoms with van der Waals surface area (Å²) in [6.45, 7) is 0.660. The minimum absolute atomic E-state index is 0.0254. The number of methoxy groups -OCH3 is 1. The molecule has 0 atom stereocenters. The summed E-state index contributed by atoms with van der Waals surface area (Å²) < 4.78 is 36.9. The van der Waals surface area contributed by atoms with Crippen molar-refractivity contribution in [2.45, 2.75) is 11.3 Å². The van der Waals surface area contributed by atoms with E-state index in [4.69, 9.17) is 4.74 Å². The van der Waals surface area contributed by atoms with Crippen molar-refractivity contribution in [3.63, 3.8) is 0 Å². The predicted octanol–water partition coefficient (Wildman–Crippen LogP) is 2.56. The van der Waals surface area contributed by atoms with Gasteiger partial charge in [0.05, 0.1) is 24.2 Å². The highest BCUT2D eigenvalue weighted by molar-refractivity contribution is 7.89. The molecule has 0 aliphatic rings. The molecule has 0 aliphatic heterocycles. The molecule has 0 aliphatic carbocycles. The lowest BCUT2D eigenvalue weighted by Gasteiger charge is -2.18. The van der Waals surface area contributed by atoms with Gasteiger partial charge in [0.2, 0.25) is 10.0 Å². The molecule has 0 heterocycles. The number of para-hydroxylation sites is 1. The van der Waals surface area contributed by atoms with Gasteiger partial charge in [-0.3, -0.25) is 0 Å². The van der Waals surface area contributed by atoms with Gasteiger partial charge in [0.1, 0.15) is 5.75 Å². The third-order valence-electron chi connectivity index (χ3n) is 3.61. The smallest absolute Gasteiger partial charge is 0.339 e. The molecule has 0 aromatic heterocycles. The van der Waals surface area contributed by atoms with Gasteiger partial charge in [0, 0.05) is 13.6 Å². The van der Waals surface area contributed by atoms with Crippen molar-refractivity contribution in [2.75, 3.05) is 27.3 Å². The number of rotatable bonds is 8. The zero-order chi connectivity index (χ0) is 18.3. The number of esters is 1. The van der Waals surface area contributed by atoms with Crippen LogP contribution in [0.2, 0.25) is 0 Å². The molecule has 2 aromatic rings. The number of hydrogen-bond acceptors (Lipinski definition) is 5. The van der Waals surface area contributed by atoms with E-state index in [1.54, 1.807) is 12.1 Å². The first kappa shape index (κ1) is 19.0. The van der Waals surface area contributed by atoms with Crippen molar-refractivity contribution in [1.29, 1.82) is 0 Å². The van der Waals surface area contributed by atoms with Gasteiger partial charge in [-0.25, -0.2) is 17.5 Å². The van der Waals surface area contributed by atoms with E-state index in [2.05, 4.69) is 4.74 Å². The minimum Gasteiger partial charge on any atom is -0.494 e. The van der Waals surface area contributed by atoms with Crippen LogP contribution in [0.5, 0.6) is 5.75 Å². The summed E-state index contributed by atoms with van der Waals surface area (Å²) in [7, 11) is -1.10. The van der Waals surface area contributed by atoms with Crippen LogP contribution in [0.1, 0.15) is 16.8 Å². The van der Waals surface area contributed by atoms with Crippen molar-refractivity contribution >= 4 is 16.0 Å². The Morgan fingerprint density at radius 1 is 1.04 bits per heavy atom. The fourth-order valence-corrected chi connectivity index (χ4v) is 3.64. The number of hydrogen-bond donors (Lipinski definition) is 0. The number of sulfonamides is 1. The molecule has 0 amide bonds. The molecule has 0 N–H and O–H groups in total. The van der Waals surface area contributed by atoms with Crippen LogP contribution >= 0.6 is 0 Å². The first-order valence-electron chi connectivity index (χ1n) is 7.78. The lowest BCUT2D eigenvalue weighted by molar-refractivity contribution is 0.0596. The highest BCUT2D eigenvalue weighted by atomic mass is 32.2. The summed E-state index contributed by atoms with van der Waals surface area (Å²) in [6, 6.07) is 15.3. The van der Waals surface area contributed by atoms with E-state index in [0.717, 1.165) is 5.75 Å². The third-order valence-corrected chi connectivity index (χ3v) is 5.52.